The average Bonchev–Trinajstić information content (AvgIpc) is 2.30. The van der Waals surface area contributed by atoms with Gasteiger partial charge in [0.05, 0.1) is 0 Å². The Bertz CT molecular complexity index is 792. The minimum Gasteiger partial charge on any atom is -0.399 e. The number of halogens is 1. The molecule has 0 radical (unpaired) electrons. The number of nitrogens with one attached hydrogen (secondary N) is 1. The van der Waals surface area contributed by atoms with Crippen LogP contribution < -0.4 is 11.3 Å². The van der Waals surface area contributed by atoms with Crippen molar-refractivity contribution in [2.75, 3.05) is 5.73 Å². The fourth-order valence-corrected chi connectivity index (χ4v) is 2.33. The number of aromatic nitrogens is 1. The fourth-order valence-electron chi connectivity index (χ4n) is 2.05. The predicted octanol–water partition coefficient (Wildman–Crippen LogP) is 2.92. The summed E-state index contributed by atoms with van der Waals surface area (Å²) in [5.41, 5.74) is 7.01. The monoisotopic (exact) mass is 244 g/mol. The van der Waals surface area contributed by atoms with E-state index in [1.807, 2.05) is 6.07 Å². The zero-order chi connectivity index (χ0) is 12.0. The Labute approximate surface area is 102 Å². The summed E-state index contributed by atoms with van der Waals surface area (Å²) in [5.74, 6) is 0. The van der Waals surface area contributed by atoms with Crippen molar-refractivity contribution in [3.8, 4) is 0 Å². The Morgan fingerprint density at radius 1 is 1.12 bits per heavy atom. The molecule has 1 heterocycles. The van der Waals surface area contributed by atoms with E-state index in [4.69, 9.17) is 17.3 Å². The van der Waals surface area contributed by atoms with Crippen molar-refractivity contribution < 1.29 is 0 Å². The predicted molar refractivity (Wildman–Crippen MR) is 71.5 cm³/mol. The van der Waals surface area contributed by atoms with E-state index in [1.54, 1.807) is 30.3 Å². The van der Waals surface area contributed by atoms with Gasteiger partial charge in [-0.25, -0.2) is 0 Å². The summed E-state index contributed by atoms with van der Waals surface area (Å²) in [7, 11) is 0. The van der Waals surface area contributed by atoms with Crippen LogP contribution in [0.2, 0.25) is 5.02 Å². The first-order chi connectivity index (χ1) is 8.16. The minimum atomic E-state index is -0.139. The van der Waals surface area contributed by atoms with Crippen LogP contribution in [0.25, 0.3) is 21.7 Å². The summed E-state index contributed by atoms with van der Waals surface area (Å²) < 4.78 is 0. The van der Waals surface area contributed by atoms with E-state index in [-0.39, 0.29) is 5.56 Å². The largest absolute Gasteiger partial charge is 0.399 e. The lowest BCUT2D eigenvalue weighted by molar-refractivity contribution is 1.34. The third kappa shape index (κ3) is 1.47. The molecule has 3 aromatic rings. The van der Waals surface area contributed by atoms with Gasteiger partial charge in [0.2, 0.25) is 0 Å². The highest BCUT2D eigenvalue weighted by atomic mass is 35.5. The molecule has 17 heavy (non-hydrogen) atoms. The number of fused-ring (bicyclic) bond motifs is 3. The van der Waals surface area contributed by atoms with Gasteiger partial charge in [0.15, 0.2) is 0 Å². The lowest BCUT2D eigenvalue weighted by Gasteiger charge is -2.06. The topological polar surface area (TPSA) is 58.9 Å². The molecule has 3 nitrogen and oxygen atoms in total. The van der Waals surface area contributed by atoms with Crippen LogP contribution in [-0.4, -0.2) is 4.98 Å². The van der Waals surface area contributed by atoms with Gasteiger partial charge in [-0.2, -0.15) is 0 Å². The third-order valence-electron chi connectivity index (χ3n) is 2.82. The summed E-state index contributed by atoms with van der Waals surface area (Å²) >= 11 is 6.17. The van der Waals surface area contributed by atoms with Gasteiger partial charge in [0.1, 0.15) is 0 Å². The molecule has 4 heteroatoms. The van der Waals surface area contributed by atoms with Crippen molar-refractivity contribution in [2.24, 2.45) is 0 Å². The first-order valence-corrected chi connectivity index (χ1v) is 5.54. The highest BCUT2D eigenvalue weighted by molar-refractivity contribution is 6.37. The standard InChI is InChI=1S/C13H9ClN2O/c14-10-3-1-2-8-12(10)9-6-7(15)4-5-11(9)16-13(8)17/h1-6H,15H2,(H,16,17). The van der Waals surface area contributed by atoms with Crippen LogP contribution >= 0.6 is 11.6 Å². The van der Waals surface area contributed by atoms with E-state index in [2.05, 4.69) is 4.98 Å². The van der Waals surface area contributed by atoms with Gasteiger partial charge in [-0.1, -0.05) is 17.7 Å². The Kier molecular flexibility index (Phi) is 2.09. The molecule has 3 rings (SSSR count). The van der Waals surface area contributed by atoms with Crippen LogP contribution in [0.15, 0.2) is 41.2 Å². The second kappa shape index (κ2) is 3.50. The van der Waals surface area contributed by atoms with Crippen LogP contribution in [0, 0.1) is 0 Å². The van der Waals surface area contributed by atoms with Crippen LogP contribution in [0.4, 0.5) is 5.69 Å². The Balaban J connectivity index is 2.70. The lowest BCUT2D eigenvalue weighted by atomic mass is 10.1. The van der Waals surface area contributed by atoms with Gasteiger partial charge in [0.25, 0.3) is 5.56 Å². The highest BCUT2D eigenvalue weighted by Crippen LogP contribution is 2.28. The Morgan fingerprint density at radius 2 is 1.94 bits per heavy atom. The molecule has 0 amide bonds. The molecule has 0 aliphatic heterocycles. The second-order valence-electron chi connectivity index (χ2n) is 3.92. The Hall–Kier alpha value is -2.00. The molecule has 0 aliphatic rings. The van der Waals surface area contributed by atoms with E-state index in [9.17, 15) is 4.79 Å². The number of H-pyrrole nitrogens is 1. The van der Waals surface area contributed by atoms with E-state index in [1.165, 1.54) is 0 Å². The SMILES string of the molecule is Nc1ccc2[nH]c(=O)c3cccc(Cl)c3c2c1. The number of hydrogen-bond acceptors (Lipinski definition) is 2. The van der Waals surface area contributed by atoms with E-state index >= 15 is 0 Å². The van der Waals surface area contributed by atoms with Gasteiger partial charge in [-0.05, 0) is 30.3 Å². The zero-order valence-electron chi connectivity index (χ0n) is 8.83. The molecule has 3 N–H and O–H groups in total. The summed E-state index contributed by atoms with van der Waals surface area (Å²) in [5, 5.41) is 2.75. The molecule has 0 fully saturated rings. The Morgan fingerprint density at radius 3 is 2.76 bits per heavy atom. The van der Waals surface area contributed by atoms with Crippen molar-refractivity contribution in [1.82, 2.24) is 4.98 Å². The van der Waals surface area contributed by atoms with Crippen molar-refractivity contribution >= 4 is 39.0 Å². The van der Waals surface area contributed by atoms with Crippen molar-refractivity contribution in [2.45, 2.75) is 0 Å². The van der Waals surface area contributed by atoms with E-state index in [0.717, 1.165) is 16.3 Å². The van der Waals surface area contributed by atoms with E-state index < -0.39 is 0 Å². The van der Waals surface area contributed by atoms with Crippen LogP contribution in [-0.2, 0) is 0 Å². The molecule has 0 spiro atoms. The molecular weight excluding hydrogens is 236 g/mol. The molecule has 0 saturated carbocycles. The number of hydrogen-bond donors (Lipinski definition) is 2. The maximum atomic E-state index is 11.9. The van der Waals surface area contributed by atoms with Crippen molar-refractivity contribution in [3.05, 3.63) is 51.8 Å². The number of nitrogens with two attached hydrogens (primary N) is 1. The number of nitrogen functional groups attached to an aromatic ring is 1. The number of rotatable bonds is 0. The van der Waals surface area contributed by atoms with Crippen LogP contribution in [0.3, 0.4) is 0 Å². The minimum absolute atomic E-state index is 0.139. The van der Waals surface area contributed by atoms with Gasteiger partial charge < -0.3 is 10.7 Å². The van der Waals surface area contributed by atoms with Gasteiger partial charge in [-0.15, -0.1) is 0 Å². The molecule has 0 aliphatic carbocycles. The quantitative estimate of drug-likeness (QED) is 0.472. The van der Waals surface area contributed by atoms with Gasteiger partial charge in [0, 0.05) is 32.4 Å². The smallest absolute Gasteiger partial charge is 0.256 e. The first-order valence-electron chi connectivity index (χ1n) is 5.16. The molecular formula is C13H9ClN2O. The number of aromatic amines is 1. The average molecular weight is 245 g/mol. The molecule has 2 aromatic carbocycles. The fraction of sp³-hybridized carbons (Fsp3) is 0. The molecule has 0 unspecified atom stereocenters. The molecule has 0 bridgehead atoms. The summed E-state index contributed by atoms with van der Waals surface area (Å²) in [4.78, 5) is 14.7. The lowest BCUT2D eigenvalue weighted by Crippen LogP contribution is -2.06. The molecule has 84 valence electrons. The summed E-state index contributed by atoms with van der Waals surface area (Å²) in [6.45, 7) is 0. The molecule has 0 saturated heterocycles. The molecule has 0 atom stereocenters. The maximum Gasteiger partial charge on any atom is 0.256 e. The zero-order valence-corrected chi connectivity index (χ0v) is 9.58. The van der Waals surface area contributed by atoms with Gasteiger partial charge >= 0.3 is 0 Å². The van der Waals surface area contributed by atoms with Crippen LogP contribution in [0.1, 0.15) is 0 Å². The summed E-state index contributed by atoms with van der Waals surface area (Å²) in [6.07, 6.45) is 0. The van der Waals surface area contributed by atoms with Crippen LogP contribution in [0.5, 0.6) is 0 Å². The highest BCUT2D eigenvalue weighted by Gasteiger charge is 2.08. The van der Waals surface area contributed by atoms with Crippen molar-refractivity contribution in [3.63, 3.8) is 0 Å². The normalized spacial score (nSPS) is 11.1. The van der Waals surface area contributed by atoms with Gasteiger partial charge in [-0.3, -0.25) is 4.79 Å². The molecule has 1 aromatic heterocycles. The number of anilines is 1. The first kappa shape index (κ1) is 10.2. The number of pyridine rings is 1. The third-order valence-corrected chi connectivity index (χ3v) is 3.13. The van der Waals surface area contributed by atoms with Crippen molar-refractivity contribution in [1.29, 1.82) is 0 Å². The van der Waals surface area contributed by atoms with E-state index in [0.29, 0.717) is 16.1 Å². The second-order valence-corrected chi connectivity index (χ2v) is 4.33. The number of benzene rings is 2. The maximum absolute atomic E-state index is 11.9. The summed E-state index contributed by atoms with van der Waals surface area (Å²) in [6, 6.07) is 10.6.